The lowest BCUT2D eigenvalue weighted by Crippen LogP contribution is -2.37. The molecule has 0 amide bonds. The second kappa shape index (κ2) is 5.02. The van der Waals surface area contributed by atoms with Gasteiger partial charge in [-0.3, -0.25) is 4.79 Å². The maximum Gasteiger partial charge on any atom is 0.159 e. The van der Waals surface area contributed by atoms with Crippen molar-refractivity contribution >= 4 is 5.78 Å². The van der Waals surface area contributed by atoms with Gasteiger partial charge in [-0.15, -0.1) is 0 Å². The highest BCUT2D eigenvalue weighted by Gasteiger charge is 2.41. The van der Waals surface area contributed by atoms with Gasteiger partial charge in [0.15, 0.2) is 5.78 Å². The average molecular weight is 272 g/mol. The van der Waals surface area contributed by atoms with Crippen molar-refractivity contribution in [3.8, 4) is 0 Å². The van der Waals surface area contributed by atoms with E-state index in [0.29, 0.717) is 0 Å². The van der Waals surface area contributed by atoms with Crippen molar-refractivity contribution in [3.63, 3.8) is 0 Å². The van der Waals surface area contributed by atoms with Crippen molar-refractivity contribution < 1.29 is 4.79 Å². The molecular formula is C19H28O. The minimum atomic E-state index is 0.179. The SMILES string of the molecule is CCC1(C)CCC(C)(CC)c2c(C)cc(C(C)=O)cc21. The van der Waals surface area contributed by atoms with E-state index < -0.39 is 0 Å². The largest absolute Gasteiger partial charge is 0.295 e. The third kappa shape index (κ3) is 2.21. The first-order chi connectivity index (χ1) is 9.27. The fraction of sp³-hybridized carbons (Fsp3) is 0.632. The average Bonchev–Trinajstić information content (AvgIpc) is 2.42. The number of Topliss-reactive ketones (excluding diaryl/α,β-unsaturated/α-hetero) is 1. The Balaban J connectivity index is 2.76. The Hall–Kier alpha value is -1.11. The fourth-order valence-corrected chi connectivity index (χ4v) is 3.80. The van der Waals surface area contributed by atoms with Crippen molar-refractivity contribution in [1.82, 2.24) is 0 Å². The van der Waals surface area contributed by atoms with Crippen molar-refractivity contribution in [2.75, 3.05) is 0 Å². The fourth-order valence-electron chi connectivity index (χ4n) is 3.80. The Kier molecular flexibility index (Phi) is 3.83. The number of hydrogen-bond acceptors (Lipinski definition) is 1. The topological polar surface area (TPSA) is 17.1 Å². The molecule has 0 aliphatic heterocycles. The molecule has 1 heteroatoms. The zero-order valence-corrected chi connectivity index (χ0v) is 13.9. The van der Waals surface area contributed by atoms with Crippen LogP contribution in [0.5, 0.6) is 0 Å². The van der Waals surface area contributed by atoms with Gasteiger partial charge in [0.1, 0.15) is 0 Å². The quantitative estimate of drug-likeness (QED) is 0.680. The number of fused-ring (bicyclic) bond motifs is 1. The molecule has 1 aromatic rings. The van der Waals surface area contributed by atoms with E-state index in [1.54, 1.807) is 6.92 Å². The molecule has 0 radical (unpaired) electrons. The van der Waals surface area contributed by atoms with Crippen LogP contribution in [-0.4, -0.2) is 5.78 Å². The standard InChI is InChI=1S/C19H28O/c1-7-18(5)9-10-19(6,8-2)17-13(3)11-15(14(4)20)12-16(17)18/h11-12H,7-10H2,1-6H3. The van der Waals surface area contributed by atoms with E-state index in [0.717, 1.165) is 12.0 Å². The van der Waals surface area contributed by atoms with Crippen LogP contribution >= 0.6 is 0 Å². The van der Waals surface area contributed by atoms with Gasteiger partial charge in [0.05, 0.1) is 0 Å². The second-order valence-electron chi connectivity index (χ2n) is 7.10. The van der Waals surface area contributed by atoms with Crippen LogP contribution in [0.4, 0.5) is 0 Å². The molecule has 20 heavy (non-hydrogen) atoms. The normalized spacial score (nSPS) is 29.1. The van der Waals surface area contributed by atoms with Crippen LogP contribution in [0, 0.1) is 6.92 Å². The minimum Gasteiger partial charge on any atom is -0.295 e. The van der Waals surface area contributed by atoms with Crippen LogP contribution in [0.15, 0.2) is 12.1 Å². The number of aryl methyl sites for hydroxylation is 1. The van der Waals surface area contributed by atoms with Gasteiger partial charge in [0.25, 0.3) is 0 Å². The highest BCUT2D eigenvalue weighted by atomic mass is 16.1. The Bertz CT molecular complexity index is 543. The molecule has 1 aliphatic carbocycles. The number of hydrogen-bond donors (Lipinski definition) is 0. The lowest BCUT2D eigenvalue weighted by atomic mass is 9.58. The molecule has 2 atom stereocenters. The lowest BCUT2D eigenvalue weighted by molar-refractivity contribution is 0.101. The number of benzene rings is 1. The highest BCUT2D eigenvalue weighted by Crippen LogP contribution is 2.50. The zero-order chi connectivity index (χ0) is 15.1. The summed E-state index contributed by atoms with van der Waals surface area (Å²) in [5.41, 5.74) is 5.61. The minimum absolute atomic E-state index is 0.179. The number of rotatable bonds is 3. The summed E-state index contributed by atoms with van der Waals surface area (Å²) in [5, 5.41) is 0. The molecule has 1 aromatic carbocycles. The molecule has 1 aliphatic rings. The maximum absolute atomic E-state index is 11.8. The van der Waals surface area contributed by atoms with Gasteiger partial charge < -0.3 is 0 Å². The van der Waals surface area contributed by atoms with Gasteiger partial charge in [0.2, 0.25) is 0 Å². The number of carbonyl (C=O) groups excluding carboxylic acids is 1. The Morgan fingerprint density at radius 1 is 1.10 bits per heavy atom. The first-order valence-corrected chi connectivity index (χ1v) is 7.94. The van der Waals surface area contributed by atoms with Gasteiger partial charge >= 0.3 is 0 Å². The molecular weight excluding hydrogens is 244 g/mol. The molecule has 0 saturated carbocycles. The third-order valence-corrected chi connectivity index (χ3v) is 5.79. The molecule has 0 saturated heterocycles. The van der Waals surface area contributed by atoms with E-state index in [9.17, 15) is 4.79 Å². The highest BCUT2D eigenvalue weighted by molar-refractivity contribution is 5.94. The second-order valence-corrected chi connectivity index (χ2v) is 7.10. The molecule has 2 unspecified atom stereocenters. The number of carbonyl (C=O) groups is 1. The molecule has 0 heterocycles. The third-order valence-electron chi connectivity index (χ3n) is 5.79. The number of ketones is 1. The summed E-state index contributed by atoms with van der Waals surface area (Å²) in [7, 11) is 0. The molecule has 0 aromatic heterocycles. The van der Waals surface area contributed by atoms with Gasteiger partial charge in [-0.05, 0) is 79.2 Å². The van der Waals surface area contributed by atoms with Gasteiger partial charge in [-0.1, -0.05) is 27.7 Å². The molecule has 110 valence electrons. The van der Waals surface area contributed by atoms with Crippen LogP contribution in [0.1, 0.15) is 87.4 Å². The van der Waals surface area contributed by atoms with Gasteiger partial charge in [0, 0.05) is 5.56 Å². The van der Waals surface area contributed by atoms with E-state index in [-0.39, 0.29) is 16.6 Å². The summed E-state index contributed by atoms with van der Waals surface area (Å²) < 4.78 is 0. The molecule has 2 rings (SSSR count). The van der Waals surface area contributed by atoms with E-state index in [2.05, 4.69) is 46.8 Å². The molecule has 0 fully saturated rings. The van der Waals surface area contributed by atoms with Crippen LogP contribution in [-0.2, 0) is 10.8 Å². The molecule has 1 nitrogen and oxygen atoms in total. The Labute approximate surface area is 123 Å². The van der Waals surface area contributed by atoms with E-state index >= 15 is 0 Å². The van der Waals surface area contributed by atoms with Crippen LogP contribution in [0.2, 0.25) is 0 Å². The summed E-state index contributed by atoms with van der Waals surface area (Å²) in [6, 6.07) is 4.28. The van der Waals surface area contributed by atoms with Crippen LogP contribution < -0.4 is 0 Å². The zero-order valence-electron chi connectivity index (χ0n) is 13.9. The summed E-state index contributed by atoms with van der Waals surface area (Å²) in [6.45, 7) is 13.2. The Morgan fingerprint density at radius 2 is 1.65 bits per heavy atom. The van der Waals surface area contributed by atoms with Crippen molar-refractivity contribution in [3.05, 3.63) is 34.4 Å². The predicted molar refractivity (Wildman–Crippen MR) is 85.7 cm³/mol. The van der Waals surface area contributed by atoms with Crippen molar-refractivity contribution in [1.29, 1.82) is 0 Å². The first-order valence-electron chi connectivity index (χ1n) is 7.94. The van der Waals surface area contributed by atoms with Crippen molar-refractivity contribution in [2.24, 2.45) is 0 Å². The molecule has 0 spiro atoms. The summed E-state index contributed by atoms with van der Waals surface area (Å²) >= 11 is 0. The summed E-state index contributed by atoms with van der Waals surface area (Å²) in [5.74, 6) is 0.179. The van der Waals surface area contributed by atoms with Gasteiger partial charge in [-0.2, -0.15) is 0 Å². The van der Waals surface area contributed by atoms with E-state index in [4.69, 9.17) is 0 Å². The van der Waals surface area contributed by atoms with Gasteiger partial charge in [-0.25, -0.2) is 0 Å². The van der Waals surface area contributed by atoms with Crippen LogP contribution in [0.25, 0.3) is 0 Å². The lowest BCUT2D eigenvalue weighted by Gasteiger charge is -2.46. The summed E-state index contributed by atoms with van der Waals surface area (Å²) in [6.07, 6.45) is 4.78. The van der Waals surface area contributed by atoms with E-state index in [1.165, 1.54) is 36.0 Å². The van der Waals surface area contributed by atoms with E-state index in [1.807, 2.05) is 0 Å². The van der Waals surface area contributed by atoms with Crippen molar-refractivity contribution in [2.45, 2.75) is 78.1 Å². The maximum atomic E-state index is 11.8. The summed E-state index contributed by atoms with van der Waals surface area (Å²) in [4.78, 5) is 11.8. The predicted octanol–water partition coefficient (Wildman–Crippen LogP) is 5.33. The first kappa shape index (κ1) is 15.3. The smallest absolute Gasteiger partial charge is 0.159 e. The molecule has 0 bridgehead atoms. The van der Waals surface area contributed by atoms with Crippen LogP contribution in [0.3, 0.4) is 0 Å². The molecule has 0 N–H and O–H groups in total. The Morgan fingerprint density at radius 3 is 2.15 bits per heavy atom. The monoisotopic (exact) mass is 272 g/mol.